The molecule has 1 heterocycles. The van der Waals surface area contributed by atoms with Gasteiger partial charge in [-0.1, -0.05) is 42.5 Å². The molecule has 1 fully saturated rings. The summed E-state index contributed by atoms with van der Waals surface area (Å²) in [7, 11) is 1.67. The fourth-order valence-corrected chi connectivity index (χ4v) is 3.33. The first-order valence-electron chi connectivity index (χ1n) is 8.83. The first-order chi connectivity index (χ1) is 12.2. The Morgan fingerprint density at radius 3 is 2.36 bits per heavy atom. The van der Waals surface area contributed by atoms with Crippen LogP contribution in [0.2, 0.25) is 0 Å². The van der Waals surface area contributed by atoms with Crippen molar-refractivity contribution in [2.45, 2.75) is 19.9 Å². The van der Waals surface area contributed by atoms with E-state index in [1.165, 1.54) is 5.56 Å². The predicted molar refractivity (Wildman–Crippen MR) is 99.7 cm³/mol. The highest BCUT2D eigenvalue weighted by Gasteiger charge is 2.21. The Bertz CT molecular complexity index is 707. The van der Waals surface area contributed by atoms with E-state index in [1.54, 1.807) is 7.11 Å². The smallest absolute Gasteiger partial charge is 0.227 e. The maximum absolute atomic E-state index is 12.6. The number of amides is 1. The average molecular weight is 338 g/mol. The molecular formula is C21H26N2O2. The standard InChI is InChI=1S/C21H26N2O2/c1-17-14-19(8-9-20(17)25-2)15-21(24)23-12-10-22(11-13-23)16-18-6-4-3-5-7-18/h3-9,14H,10-13,15-16H2,1-2H3. The Morgan fingerprint density at radius 2 is 1.72 bits per heavy atom. The quantitative estimate of drug-likeness (QED) is 0.840. The molecule has 0 N–H and O–H groups in total. The zero-order valence-electron chi connectivity index (χ0n) is 15.1. The van der Waals surface area contributed by atoms with Crippen LogP contribution in [0, 0.1) is 6.92 Å². The van der Waals surface area contributed by atoms with Gasteiger partial charge in [-0.25, -0.2) is 0 Å². The number of aryl methyl sites for hydroxylation is 1. The average Bonchev–Trinajstić information content (AvgIpc) is 2.63. The minimum absolute atomic E-state index is 0.212. The van der Waals surface area contributed by atoms with Crippen molar-refractivity contribution in [1.29, 1.82) is 0 Å². The second kappa shape index (κ2) is 8.17. The van der Waals surface area contributed by atoms with E-state index in [2.05, 4.69) is 29.2 Å². The van der Waals surface area contributed by atoms with E-state index in [0.717, 1.165) is 49.6 Å². The molecular weight excluding hydrogens is 312 g/mol. The Labute approximate surface area is 150 Å². The fourth-order valence-electron chi connectivity index (χ4n) is 3.33. The normalized spacial score (nSPS) is 15.2. The minimum Gasteiger partial charge on any atom is -0.496 e. The van der Waals surface area contributed by atoms with Crippen molar-refractivity contribution < 1.29 is 9.53 Å². The van der Waals surface area contributed by atoms with E-state index < -0.39 is 0 Å². The lowest BCUT2D eigenvalue weighted by Crippen LogP contribution is -2.48. The maximum atomic E-state index is 12.6. The number of rotatable bonds is 5. The Morgan fingerprint density at radius 1 is 1.00 bits per heavy atom. The van der Waals surface area contributed by atoms with Crippen LogP contribution in [-0.4, -0.2) is 49.0 Å². The molecule has 0 aliphatic carbocycles. The van der Waals surface area contributed by atoms with E-state index in [-0.39, 0.29) is 5.91 Å². The largest absolute Gasteiger partial charge is 0.496 e. The topological polar surface area (TPSA) is 32.8 Å². The van der Waals surface area contributed by atoms with Gasteiger partial charge in [-0.2, -0.15) is 0 Å². The van der Waals surface area contributed by atoms with Gasteiger partial charge in [0.2, 0.25) is 5.91 Å². The molecule has 0 bridgehead atoms. The van der Waals surface area contributed by atoms with Gasteiger partial charge in [-0.05, 0) is 29.7 Å². The lowest BCUT2D eigenvalue weighted by atomic mass is 10.1. The SMILES string of the molecule is COc1ccc(CC(=O)N2CCN(Cc3ccccc3)CC2)cc1C. The number of nitrogens with zero attached hydrogens (tertiary/aromatic N) is 2. The van der Waals surface area contributed by atoms with Gasteiger partial charge in [0.05, 0.1) is 13.5 Å². The van der Waals surface area contributed by atoms with Crippen molar-refractivity contribution in [1.82, 2.24) is 9.80 Å². The number of carbonyl (C=O) groups excluding carboxylic acids is 1. The summed E-state index contributed by atoms with van der Waals surface area (Å²) in [6, 6.07) is 16.5. The highest BCUT2D eigenvalue weighted by molar-refractivity contribution is 5.79. The van der Waals surface area contributed by atoms with Crippen LogP contribution in [0.15, 0.2) is 48.5 Å². The van der Waals surface area contributed by atoms with Crippen molar-refractivity contribution in [3.05, 3.63) is 65.2 Å². The molecule has 1 amide bonds. The molecule has 2 aromatic rings. The third-order valence-electron chi connectivity index (χ3n) is 4.79. The van der Waals surface area contributed by atoms with Crippen LogP contribution >= 0.6 is 0 Å². The van der Waals surface area contributed by atoms with Gasteiger partial charge in [-0.15, -0.1) is 0 Å². The Kier molecular flexibility index (Phi) is 5.71. The summed E-state index contributed by atoms with van der Waals surface area (Å²) < 4.78 is 5.28. The van der Waals surface area contributed by atoms with Gasteiger partial charge < -0.3 is 9.64 Å². The first kappa shape index (κ1) is 17.5. The second-order valence-corrected chi connectivity index (χ2v) is 6.62. The summed E-state index contributed by atoms with van der Waals surface area (Å²) >= 11 is 0. The molecule has 0 saturated carbocycles. The van der Waals surface area contributed by atoms with Crippen LogP contribution in [0.1, 0.15) is 16.7 Å². The summed E-state index contributed by atoms with van der Waals surface area (Å²) in [6.45, 7) is 6.45. The molecule has 1 saturated heterocycles. The molecule has 2 aromatic carbocycles. The van der Waals surface area contributed by atoms with E-state index in [1.807, 2.05) is 36.1 Å². The zero-order valence-corrected chi connectivity index (χ0v) is 15.1. The van der Waals surface area contributed by atoms with Crippen LogP contribution in [0.5, 0.6) is 5.75 Å². The van der Waals surface area contributed by atoms with Crippen molar-refractivity contribution in [3.63, 3.8) is 0 Å². The number of benzene rings is 2. The Balaban J connectivity index is 1.50. The van der Waals surface area contributed by atoms with Gasteiger partial charge in [0.15, 0.2) is 0 Å². The first-order valence-corrected chi connectivity index (χ1v) is 8.83. The predicted octanol–water partition coefficient (Wildman–Crippen LogP) is 2.89. The molecule has 25 heavy (non-hydrogen) atoms. The minimum atomic E-state index is 0.212. The van der Waals surface area contributed by atoms with Gasteiger partial charge in [0, 0.05) is 32.7 Å². The number of ether oxygens (including phenoxy) is 1. The number of methoxy groups -OCH3 is 1. The van der Waals surface area contributed by atoms with Crippen LogP contribution in [0.4, 0.5) is 0 Å². The summed E-state index contributed by atoms with van der Waals surface area (Å²) in [5.41, 5.74) is 3.45. The van der Waals surface area contributed by atoms with E-state index in [9.17, 15) is 4.79 Å². The molecule has 4 heteroatoms. The molecule has 0 spiro atoms. The monoisotopic (exact) mass is 338 g/mol. The molecule has 3 rings (SSSR count). The van der Waals surface area contributed by atoms with Crippen molar-refractivity contribution >= 4 is 5.91 Å². The zero-order chi connectivity index (χ0) is 17.6. The number of hydrogen-bond acceptors (Lipinski definition) is 3. The molecule has 1 aliphatic heterocycles. The van der Waals surface area contributed by atoms with Crippen LogP contribution in [0.3, 0.4) is 0 Å². The molecule has 1 aliphatic rings. The number of carbonyl (C=O) groups is 1. The number of piperazine rings is 1. The Hall–Kier alpha value is -2.33. The van der Waals surface area contributed by atoms with Crippen LogP contribution in [0.25, 0.3) is 0 Å². The van der Waals surface area contributed by atoms with Gasteiger partial charge in [0.1, 0.15) is 5.75 Å². The van der Waals surface area contributed by atoms with Crippen molar-refractivity contribution in [2.75, 3.05) is 33.3 Å². The third-order valence-corrected chi connectivity index (χ3v) is 4.79. The lowest BCUT2D eigenvalue weighted by molar-refractivity contribution is -0.132. The summed E-state index contributed by atoms with van der Waals surface area (Å²) in [5.74, 6) is 1.08. The van der Waals surface area contributed by atoms with Crippen molar-refractivity contribution in [3.8, 4) is 5.75 Å². The van der Waals surface area contributed by atoms with Crippen LogP contribution in [-0.2, 0) is 17.8 Å². The van der Waals surface area contributed by atoms with Gasteiger partial charge in [-0.3, -0.25) is 9.69 Å². The van der Waals surface area contributed by atoms with E-state index >= 15 is 0 Å². The third kappa shape index (κ3) is 4.60. The van der Waals surface area contributed by atoms with Crippen molar-refractivity contribution in [2.24, 2.45) is 0 Å². The second-order valence-electron chi connectivity index (χ2n) is 6.62. The molecule has 0 radical (unpaired) electrons. The summed E-state index contributed by atoms with van der Waals surface area (Å²) in [6.07, 6.45) is 0.462. The highest BCUT2D eigenvalue weighted by atomic mass is 16.5. The molecule has 0 atom stereocenters. The van der Waals surface area contributed by atoms with E-state index in [4.69, 9.17) is 4.74 Å². The maximum Gasteiger partial charge on any atom is 0.227 e. The van der Waals surface area contributed by atoms with E-state index in [0.29, 0.717) is 6.42 Å². The van der Waals surface area contributed by atoms with Gasteiger partial charge in [0.25, 0.3) is 0 Å². The summed E-state index contributed by atoms with van der Waals surface area (Å²) in [5, 5.41) is 0. The highest BCUT2D eigenvalue weighted by Crippen LogP contribution is 2.19. The molecule has 132 valence electrons. The lowest BCUT2D eigenvalue weighted by Gasteiger charge is -2.34. The number of hydrogen-bond donors (Lipinski definition) is 0. The fraction of sp³-hybridized carbons (Fsp3) is 0.381. The summed E-state index contributed by atoms with van der Waals surface area (Å²) in [4.78, 5) is 17.0. The molecule has 0 aromatic heterocycles. The van der Waals surface area contributed by atoms with Crippen LogP contribution < -0.4 is 4.74 Å². The molecule has 4 nitrogen and oxygen atoms in total. The van der Waals surface area contributed by atoms with Gasteiger partial charge >= 0.3 is 0 Å². The molecule has 0 unspecified atom stereocenters.